The van der Waals surface area contributed by atoms with Crippen molar-refractivity contribution >= 4 is 34.4 Å². The molecule has 2 aliphatic heterocycles. The number of rotatable bonds is 4. The van der Waals surface area contributed by atoms with Crippen LogP contribution in [-0.2, 0) is 9.53 Å². The SMILES string of the molecule is COc1ccc2c(C3=NC(=CN4CCN(C(=N)Nc5ccccn5)CC4)C(=O)O3)cccc2c1. The van der Waals surface area contributed by atoms with Gasteiger partial charge < -0.3 is 24.6 Å². The zero-order valence-electron chi connectivity index (χ0n) is 18.7. The second kappa shape index (κ2) is 9.22. The molecular weight excluding hydrogens is 432 g/mol. The average molecular weight is 457 g/mol. The monoisotopic (exact) mass is 456 g/mol. The van der Waals surface area contributed by atoms with Crippen LogP contribution < -0.4 is 10.1 Å². The summed E-state index contributed by atoms with van der Waals surface area (Å²) in [6.45, 7) is 2.59. The molecule has 2 aliphatic rings. The molecule has 3 aromatic rings. The summed E-state index contributed by atoms with van der Waals surface area (Å²) in [7, 11) is 1.63. The molecule has 2 aromatic carbocycles. The molecule has 172 valence electrons. The Kier molecular flexibility index (Phi) is 5.82. The first-order valence-electron chi connectivity index (χ1n) is 11.0. The van der Waals surface area contributed by atoms with Crippen molar-refractivity contribution in [2.45, 2.75) is 0 Å². The number of fused-ring (bicyclic) bond motifs is 1. The van der Waals surface area contributed by atoms with E-state index in [1.165, 1.54) is 0 Å². The van der Waals surface area contributed by atoms with Crippen molar-refractivity contribution in [2.75, 3.05) is 38.6 Å². The van der Waals surface area contributed by atoms with Gasteiger partial charge in [-0.25, -0.2) is 14.8 Å². The molecule has 0 amide bonds. The van der Waals surface area contributed by atoms with Crippen LogP contribution >= 0.6 is 0 Å². The molecule has 1 aromatic heterocycles. The van der Waals surface area contributed by atoms with Gasteiger partial charge in [0, 0.05) is 44.1 Å². The first kappa shape index (κ1) is 21.4. The van der Waals surface area contributed by atoms with Crippen molar-refractivity contribution in [3.63, 3.8) is 0 Å². The van der Waals surface area contributed by atoms with Gasteiger partial charge in [-0.3, -0.25) is 5.41 Å². The highest BCUT2D eigenvalue weighted by molar-refractivity contribution is 6.16. The highest BCUT2D eigenvalue weighted by Gasteiger charge is 2.27. The Balaban J connectivity index is 1.27. The van der Waals surface area contributed by atoms with E-state index in [1.54, 1.807) is 19.5 Å². The zero-order chi connectivity index (χ0) is 23.5. The summed E-state index contributed by atoms with van der Waals surface area (Å²) >= 11 is 0. The van der Waals surface area contributed by atoms with Crippen LogP contribution in [0.2, 0.25) is 0 Å². The fraction of sp³-hybridized carbons (Fsp3) is 0.200. The standard InChI is InChI=1S/C25H24N6O3/c1-33-18-8-9-19-17(15-18)5-4-6-20(19)23-28-21(24(32)34-23)16-30-11-13-31(14-12-30)25(26)29-22-7-2-3-10-27-22/h2-10,15-16H,11-14H2,1H3,(H2,26,27,29). The first-order chi connectivity index (χ1) is 16.6. The van der Waals surface area contributed by atoms with Crippen molar-refractivity contribution < 1.29 is 14.3 Å². The van der Waals surface area contributed by atoms with Gasteiger partial charge in [-0.2, -0.15) is 0 Å². The number of hydrogen-bond donors (Lipinski definition) is 2. The van der Waals surface area contributed by atoms with Gasteiger partial charge in [0.25, 0.3) is 0 Å². The number of hydrogen-bond acceptors (Lipinski definition) is 7. The normalized spacial score (nSPS) is 17.0. The molecular formula is C25H24N6O3. The molecule has 3 heterocycles. The number of guanidine groups is 1. The summed E-state index contributed by atoms with van der Waals surface area (Å²) in [6.07, 6.45) is 3.43. The number of nitrogens with zero attached hydrogens (tertiary/aromatic N) is 4. The van der Waals surface area contributed by atoms with E-state index >= 15 is 0 Å². The van der Waals surface area contributed by atoms with Gasteiger partial charge in [-0.1, -0.05) is 18.2 Å². The third-order valence-corrected chi connectivity index (χ3v) is 5.79. The molecule has 0 spiro atoms. The number of carbonyl (C=O) groups is 1. The zero-order valence-corrected chi connectivity index (χ0v) is 18.7. The molecule has 0 atom stereocenters. The number of methoxy groups -OCH3 is 1. The van der Waals surface area contributed by atoms with Crippen LogP contribution in [-0.4, -0.2) is 65.9 Å². The predicted octanol–water partition coefficient (Wildman–Crippen LogP) is 3.05. The summed E-state index contributed by atoms with van der Waals surface area (Å²) in [5.74, 6) is 1.54. The lowest BCUT2D eigenvalue weighted by Crippen LogP contribution is -2.48. The smallest absolute Gasteiger partial charge is 0.365 e. The Bertz CT molecular complexity index is 1300. The first-order valence-corrected chi connectivity index (χ1v) is 11.0. The van der Waals surface area contributed by atoms with Gasteiger partial charge in [-0.15, -0.1) is 0 Å². The molecule has 0 aliphatic carbocycles. The van der Waals surface area contributed by atoms with Crippen molar-refractivity contribution in [1.82, 2.24) is 14.8 Å². The summed E-state index contributed by atoms with van der Waals surface area (Å²) < 4.78 is 10.8. The van der Waals surface area contributed by atoms with Gasteiger partial charge in [0.1, 0.15) is 11.6 Å². The third kappa shape index (κ3) is 4.40. The van der Waals surface area contributed by atoms with E-state index in [0.29, 0.717) is 43.9 Å². The van der Waals surface area contributed by atoms with E-state index < -0.39 is 5.97 Å². The average Bonchev–Trinajstić information content (AvgIpc) is 3.24. The number of aromatic nitrogens is 1. The second-order valence-corrected chi connectivity index (χ2v) is 7.93. The van der Waals surface area contributed by atoms with Gasteiger partial charge in [0.15, 0.2) is 11.7 Å². The van der Waals surface area contributed by atoms with Gasteiger partial charge in [-0.05, 0) is 47.2 Å². The number of pyridine rings is 1. The fourth-order valence-corrected chi connectivity index (χ4v) is 3.97. The van der Waals surface area contributed by atoms with Crippen molar-refractivity contribution in [1.29, 1.82) is 5.41 Å². The maximum Gasteiger partial charge on any atom is 0.365 e. The lowest BCUT2D eigenvalue weighted by molar-refractivity contribution is -0.130. The quantitative estimate of drug-likeness (QED) is 0.269. The number of benzene rings is 2. The number of anilines is 1. The van der Waals surface area contributed by atoms with Crippen LogP contribution in [0.3, 0.4) is 0 Å². The van der Waals surface area contributed by atoms with E-state index in [-0.39, 0.29) is 5.70 Å². The molecule has 9 nitrogen and oxygen atoms in total. The van der Waals surface area contributed by atoms with Crippen molar-refractivity contribution in [2.24, 2.45) is 4.99 Å². The van der Waals surface area contributed by atoms with Crippen LogP contribution in [0.25, 0.3) is 10.8 Å². The number of ether oxygens (including phenoxy) is 2. The van der Waals surface area contributed by atoms with E-state index in [1.807, 2.05) is 64.4 Å². The molecule has 1 fully saturated rings. The second-order valence-electron chi connectivity index (χ2n) is 7.93. The molecule has 0 bridgehead atoms. The van der Waals surface area contributed by atoms with E-state index in [0.717, 1.165) is 22.1 Å². The topological polar surface area (TPSA) is 103 Å². The van der Waals surface area contributed by atoms with Crippen LogP contribution in [0.5, 0.6) is 5.75 Å². The summed E-state index contributed by atoms with van der Waals surface area (Å²) in [4.78, 5) is 25.2. The highest BCUT2D eigenvalue weighted by atomic mass is 16.6. The maximum atomic E-state index is 12.5. The lowest BCUT2D eigenvalue weighted by Gasteiger charge is -2.35. The van der Waals surface area contributed by atoms with Gasteiger partial charge >= 0.3 is 5.97 Å². The molecule has 5 rings (SSSR count). The molecule has 0 saturated carbocycles. The minimum absolute atomic E-state index is 0.274. The minimum atomic E-state index is -0.465. The molecule has 9 heteroatoms. The van der Waals surface area contributed by atoms with Gasteiger partial charge in [0.05, 0.1) is 7.11 Å². The maximum absolute atomic E-state index is 12.5. The van der Waals surface area contributed by atoms with Crippen LogP contribution in [0.4, 0.5) is 5.82 Å². The Morgan fingerprint density at radius 3 is 2.74 bits per heavy atom. The Morgan fingerprint density at radius 1 is 1.12 bits per heavy atom. The largest absolute Gasteiger partial charge is 0.497 e. The van der Waals surface area contributed by atoms with Crippen LogP contribution in [0, 0.1) is 5.41 Å². The third-order valence-electron chi connectivity index (χ3n) is 5.79. The predicted molar refractivity (Wildman–Crippen MR) is 130 cm³/mol. The molecule has 2 N–H and O–H groups in total. The van der Waals surface area contributed by atoms with E-state index in [9.17, 15) is 4.79 Å². The number of nitrogens with one attached hydrogen (secondary N) is 2. The number of carbonyl (C=O) groups excluding carboxylic acids is 1. The van der Waals surface area contributed by atoms with Crippen molar-refractivity contribution in [3.05, 3.63) is 78.3 Å². The Morgan fingerprint density at radius 2 is 1.97 bits per heavy atom. The van der Waals surface area contributed by atoms with E-state index in [4.69, 9.17) is 14.9 Å². The fourth-order valence-electron chi connectivity index (χ4n) is 3.97. The summed E-state index contributed by atoms with van der Waals surface area (Å²) in [6, 6.07) is 17.1. The van der Waals surface area contributed by atoms with Gasteiger partial charge in [0.2, 0.25) is 5.90 Å². The van der Waals surface area contributed by atoms with Crippen molar-refractivity contribution in [3.8, 4) is 5.75 Å². The molecule has 1 saturated heterocycles. The number of piperazine rings is 1. The lowest BCUT2D eigenvalue weighted by atomic mass is 10.0. The number of esters is 1. The van der Waals surface area contributed by atoms with Crippen LogP contribution in [0.1, 0.15) is 5.56 Å². The summed E-state index contributed by atoms with van der Waals surface area (Å²) in [5.41, 5.74) is 1.03. The highest BCUT2D eigenvalue weighted by Crippen LogP contribution is 2.27. The van der Waals surface area contributed by atoms with E-state index in [2.05, 4.69) is 15.3 Å². The molecule has 34 heavy (non-hydrogen) atoms. The molecule has 0 radical (unpaired) electrons. The summed E-state index contributed by atoms with van der Waals surface area (Å²) in [5, 5.41) is 13.2. The molecule has 0 unspecified atom stereocenters. The van der Waals surface area contributed by atoms with Crippen LogP contribution in [0.15, 0.2) is 77.7 Å². The minimum Gasteiger partial charge on any atom is -0.497 e. The number of cyclic esters (lactones) is 1. The Labute approximate surface area is 196 Å². The number of aliphatic imine (C=N–C) groups is 1. The Hall–Kier alpha value is -4.40.